The van der Waals surface area contributed by atoms with E-state index < -0.39 is 17.2 Å². The minimum atomic E-state index is -0.666. The number of hydrogen-bond donors (Lipinski definition) is 3. The molecule has 0 aliphatic heterocycles. The van der Waals surface area contributed by atoms with Crippen LogP contribution in [0.25, 0.3) is 56.2 Å². The van der Waals surface area contributed by atoms with Gasteiger partial charge in [0.1, 0.15) is 41.3 Å². The van der Waals surface area contributed by atoms with E-state index in [4.69, 9.17) is 79.9 Å². The van der Waals surface area contributed by atoms with Gasteiger partial charge >= 0.3 is 115 Å². The van der Waals surface area contributed by atoms with E-state index in [0.717, 1.165) is 98.1 Å². The number of ether oxygens (including phenoxy) is 8. The van der Waals surface area contributed by atoms with Gasteiger partial charge in [-0.3, -0.25) is 34.1 Å². The number of oxime groups is 1. The first-order valence-corrected chi connectivity index (χ1v) is 34.8. The number of pyridine rings is 3. The molecule has 0 bridgehead atoms. The molecule has 11 aromatic rings. The number of esters is 2. The van der Waals surface area contributed by atoms with Crippen molar-refractivity contribution in [1.29, 1.82) is 0 Å². The number of nitrogens with two attached hydrogens (primary N) is 1. The number of carbonyl (C=O) groups is 4. The van der Waals surface area contributed by atoms with Gasteiger partial charge in [-0.1, -0.05) is 88.3 Å². The molecule has 3 aliphatic rings. The fourth-order valence-corrected chi connectivity index (χ4v) is 11.1. The maximum Gasteiger partial charge on any atom is 1.00 e. The first-order chi connectivity index (χ1) is 53.8. The van der Waals surface area contributed by atoms with Crippen LogP contribution in [0.3, 0.4) is 0 Å². The number of rotatable bonds is 27. The van der Waals surface area contributed by atoms with Crippen LogP contribution in [0, 0.1) is 38.5 Å². The van der Waals surface area contributed by atoms with Crippen molar-refractivity contribution in [3.63, 3.8) is 0 Å². The zero-order valence-corrected chi connectivity index (χ0v) is 70.4. The Balaban J connectivity index is 0.000000218. The molecule has 36 heteroatoms. The maximum atomic E-state index is 11.0. The van der Waals surface area contributed by atoms with E-state index in [0.29, 0.717) is 108 Å². The number of benzene rings is 3. The standard InChI is InChI=1S/C26H25N5O5.C24H23N5O4.C22H23N5O3.C4H5ClO3.CH2O3.2K.H/c1-15-27-12-22(17-4-6-18(7-5-17)25-30-24(36-31-25)14-34-16(2)32)26(29-15)35-13-19-10-21(19)23-9-8-20(33-3)11-28-23;1-14-25-11-20(15-3-5-16(6-4-15)23-28-22(12-30)33-29-23)24(27-14)32-13-17-9-19(17)21-8-7-18(31-2)10-26-21;1-13-24-11-19(14-3-5-15(6-4-14)21(23)27-28)22(26-13)30-12-16-9-18(16)20-8-7-17(29-2)10-25-20;1-3(6)8-2-4(5)7;2-1-4-3;;;/h4-9,11-12,19,21H,10,13-14H2,1-3H3;3-8,10-11,17,19,30H,9,12-13H2,1-2H3;3-8,10-11,16,18,28H,9,12H2,1-2H3,(H2,23,27);2H2,1H3;1,3H;;;/q;;;;;2*+1;-1/p-1/t19-,21+;17-,19+;16-,18+;;;;;/m111...../s1. The molecule has 3 saturated carbocycles. The van der Waals surface area contributed by atoms with E-state index >= 15 is 0 Å². The van der Waals surface area contributed by atoms with E-state index in [9.17, 15) is 14.4 Å². The predicted molar refractivity (Wildman–Crippen MR) is 394 cm³/mol. The molecule has 0 unspecified atom stereocenters. The van der Waals surface area contributed by atoms with Crippen LogP contribution in [-0.2, 0) is 46.8 Å². The predicted octanol–water partition coefficient (Wildman–Crippen LogP) is 3.73. The van der Waals surface area contributed by atoms with E-state index in [1.54, 1.807) is 70.6 Å². The Bertz CT molecular complexity index is 4940. The molecule has 0 amide bonds. The van der Waals surface area contributed by atoms with Gasteiger partial charge in [0, 0.05) is 102 Å². The van der Waals surface area contributed by atoms with Gasteiger partial charge in [-0.05, 0) is 105 Å². The second-order valence-corrected chi connectivity index (χ2v) is 25.4. The molecule has 0 radical (unpaired) electrons. The van der Waals surface area contributed by atoms with Crippen molar-refractivity contribution in [1.82, 2.24) is 65.1 Å². The van der Waals surface area contributed by atoms with E-state index in [1.165, 1.54) is 13.8 Å². The molecule has 3 aliphatic carbocycles. The monoisotopic (exact) mass is 1610 g/mol. The third-order valence-electron chi connectivity index (χ3n) is 17.2. The third-order valence-corrected chi connectivity index (χ3v) is 17.3. The van der Waals surface area contributed by atoms with Crippen LogP contribution in [0.2, 0.25) is 0 Å². The Morgan fingerprint density at radius 1 is 0.531 bits per heavy atom. The molecule has 3 aromatic carbocycles. The molecule has 113 heavy (non-hydrogen) atoms. The Kier molecular flexibility index (Phi) is 34.6. The van der Waals surface area contributed by atoms with Gasteiger partial charge in [-0.25, -0.2) is 15.0 Å². The van der Waals surface area contributed by atoms with Crippen molar-refractivity contribution in [3.05, 3.63) is 198 Å². The number of amidine groups is 1. The van der Waals surface area contributed by atoms with Gasteiger partial charge in [0.05, 0.1) is 76.4 Å². The summed E-state index contributed by atoms with van der Waals surface area (Å²) in [6.45, 7) is 8.85. The van der Waals surface area contributed by atoms with Gasteiger partial charge in [0.2, 0.25) is 29.3 Å². The number of aromatic nitrogens is 13. The average Bonchev–Trinajstić information content (AvgIpc) is 1.69. The van der Waals surface area contributed by atoms with E-state index in [2.05, 4.69) is 79.9 Å². The molecule has 4 N–H and O–H groups in total. The zero-order chi connectivity index (χ0) is 78.9. The minimum absolute atomic E-state index is 0. The van der Waals surface area contributed by atoms with E-state index in [1.807, 2.05) is 118 Å². The number of nitrogens with zero attached hydrogens (tertiary/aromatic N) is 14. The van der Waals surface area contributed by atoms with Crippen LogP contribution in [0.15, 0.2) is 161 Å². The third kappa shape index (κ3) is 26.4. The Morgan fingerprint density at radius 2 is 0.876 bits per heavy atom. The average molecular weight is 1620 g/mol. The summed E-state index contributed by atoms with van der Waals surface area (Å²) in [5.74, 6) is 8.59. The van der Waals surface area contributed by atoms with Crippen molar-refractivity contribution in [2.24, 2.45) is 28.6 Å². The summed E-state index contributed by atoms with van der Waals surface area (Å²) in [5, 5.41) is 36.5. The Labute approximate surface area is 739 Å². The van der Waals surface area contributed by atoms with Crippen LogP contribution in [0.1, 0.15) is 104 Å². The van der Waals surface area contributed by atoms with Crippen LogP contribution in [0.5, 0.6) is 34.9 Å². The van der Waals surface area contributed by atoms with Crippen LogP contribution in [-0.4, -0.2) is 153 Å². The Hall–Kier alpha value is -9.74. The summed E-state index contributed by atoms with van der Waals surface area (Å²) in [4.78, 5) is 90.4. The molecule has 8 heterocycles. The largest absolute Gasteiger partial charge is 1.00 e. The number of methoxy groups -OCH3 is 3. The molecule has 3 fully saturated rings. The normalized spacial score (nSPS) is 15.8. The fraction of sp³-hybridized carbons (Fsp3) is 0.299. The zero-order valence-electron chi connectivity index (χ0n) is 64.4. The number of aliphatic hydroxyl groups is 1. The number of aliphatic hydroxyl groups excluding tert-OH is 1. The molecule has 0 saturated heterocycles. The summed E-state index contributed by atoms with van der Waals surface area (Å²) >= 11 is 4.81. The van der Waals surface area contributed by atoms with Gasteiger partial charge in [0.25, 0.3) is 23.5 Å². The van der Waals surface area contributed by atoms with Crippen molar-refractivity contribution in [2.45, 2.75) is 84.8 Å². The number of hydrogen-bond acceptors (Lipinski definition) is 32. The van der Waals surface area contributed by atoms with Crippen LogP contribution in [0.4, 0.5) is 0 Å². The second-order valence-electron chi connectivity index (χ2n) is 25.0. The van der Waals surface area contributed by atoms with Crippen LogP contribution < -0.4 is 142 Å². The maximum absolute atomic E-state index is 11.0. The fourth-order valence-electron chi connectivity index (χ4n) is 11.1. The SMILES string of the molecule is CC(=O)OCC(=O)Cl.COc1ccc([C@H]2C[C@@H]2COc2nc(C)ncc2-c2ccc(-c3noc(CO)n3)cc2)nc1.COc1ccc([C@H]2C[C@@H]2COc2nc(C)ncc2-c2ccc(-c3noc(COC(C)=O)n3)cc2)nc1.COc1ccc([C@H]2C[C@@H]2COc2nc(C)ncc2-c2ccc(/C(N)=N/O)cc2)nc1.O=CO[O-].[H-].[K+].[K+]. The van der Waals surface area contributed by atoms with E-state index in [-0.39, 0.29) is 148 Å². The smallest absolute Gasteiger partial charge is 1.00 e. The molecule has 0 spiro atoms. The van der Waals surface area contributed by atoms with Gasteiger partial charge in [-0.15, -0.1) is 0 Å². The first-order valence-electron chi connectivity index (χ1n) is 34.4. The van der Waals surface area contributed by atoms with Crippen molar-refractivity contribution in [2.75, 3.05) is 47.8 Å². The molecule has 6 atom stereocenters. The summed E-state index contributed by atoms with van der Waals surface area (Å²) in [6, 6.07) is 34.4. The topological polar surface area (TPSA) is 447 Å². The molecular formula is C77H78ClK2N15O18. The quantitative estimate of drug-likeness (QED) is 0.00759. The molecule has 8 aromatic heterocycles. The van der Waals surface area contributed by atoms with Crippen molar-refractivity contribution >= 4 is 41.1 Å². The van der Waals surface area contributed by atoms with Gasteiger partial charge in [-0.2, -0.15) is 24.9 Å². The summed E-state index contributed by atoms with van der Waals surface area (Å²) in [5.41, 5.74) is 16.1. The van der Waals surface area contributed by atoms with Crippen LogP contribution >= 0.6 is 11.6 Å². The summed E-state index contributed by atoms with van der Waals surface area (Å²) in [6.07, 6.45) is 13.6. The minimum Gasteiger partial charge on any atom is -1.00 e. The Morgan fingerprint density at radius 3 is 1.17 bits per heavy atom. The molecular weight excluding hydrogens is 1540 g/mol. The van der Waals surface area contributed by atoms with Crippen molar-refractivity contribution < 1.29 is 191 Å². The van der Waals surface area contributed by atoms with Gasteiger partial charge in [0.15, 0.2) is 19.0 Å². The number of halogens is 1. The second kappa shape index (κ2) is 44.1. The van der Waals surface area contributed by atoms with Gasteiger partial charge < -0.3 is 74.6 Å². The molecule has 33 nitrogen and oxygen atoms in total. The number of carbonyl (C=O) groups excluding carboxylic acids is 4. The summed E-state index contributed by atoms with van der Waals surface area (Å²) < 4.78 is 53.1. The number of aryl methyl sites for hydroxylation is 3. The summed E-state index contributed by atoms with van der Waals surface area (Å²) in [7, 11) is 4.90. The molecule has 578 valence electrons. The molecule has 14 rings (SSSR count). The first kappa shape index (κ1) is 88.8. The van der Waals surface area contributed by atoms with Crippen molar-refractivity contribution in [3.8, 4) is 91.0 Å².